The number of hydrogen-bond acceptors (Lipinski definition) is 6. The van der Waals surface area contributed by atoms with Crippen LogP contribution in [-0.4, -0.2) is 33.4 Å². The van der Waals surface area contributed by atoms with Gasteiger partial charge in [-0.25, -0.2) is 0 Å². The van der Waals surface area contributed by atoms with Gasteiger partial charge in [0.2, 0.25) is 0 Å². The zero-order valence-corrected chi connectivity index (χ0v) is 20.4. The van der Waals surface area contributed by atoms with Crippen LogP contribution in [0.15, 0.2) is 64.0 Å². The van der Waals surface area contributed by atoms with Gasteiger partial charge < -0.3 is 19.8 Å². The molecule has 1 aliphatic heterocycles. The lowest BCUT2D eigenvalue weighted by Gasteiger charge is -2.25. The Hall–Kier alpha value is -3.10. The van der Waals surface area contributed by atoms with Crippen molar-refractivity contribution in [3.63, 3.8) is 0 Å². The zero-order valence-electron chi connectivity index (χ0n) is 18.0. The average Bonchev–Trinajstić information content (AvgIpc) is 3.39. The van der Waals surface area contributed by atoms with Crippen molar-refractivity contribution in [2.75, 3.05) is 6.61 Å². The van der Waals surface area contributed by atoms with E-state index < -0.39 is 17.7 Å². The fourth-order valence-corrected chi connectivity index (χ4v) is 4.83. The molecule has 1 fully saturated rings. The van der Waals surface area contributed by atoms with Crippen LogP contribution in [0, 0.1) is 6.92 Å². The van der Waals surface area contributed by atoms with E-state index in [-0.39, 0.29) is 29.4 Å². The van der Waals surface area contributed by atoms with Gasteiger partial charge in [0.1, 0.15) is 5.76 Å². The van der Waals surface area contributed by atoms with E-state index in [4.69, 9.17) is 4.74 Å². The number of ketones is 1. The van der Waals surface area contributed by atoms with Crippen molar-refractivity contribution in [2.45, 2.75) is 26.4 Å². The van der Waals surface area contributed by atoms with E-state index in [9.17, 15) is 19.8 Å². The Morgan fingerprint density at radius 3 is 2.64 bits per heavy atom. The summed E-state index contributed by atoms with van der Waals surface area (Å²) in [7, 11) is 0. The predicted molar refractivity (Wildman–Crippen MR) is 130 cm³/mol. The van der Waals surface area contributed by atoms with Gasteiger partial charge in [0.05, 0.1) is 24.8 Å². The summed E-state index contributed by atoms with van der Waals surface area (Å²) in [5, 5.41) is 23.3. The number of phenols is 1. The van der Waals surface area contributed by atoms with Crippen molar-refractivity contribution >= 4 is 44.7 Å². The largest absolute Gasteiger partial charge is 0.507 e. The highest BCUT2D eigenvalue weighted by Gasteiger charge is 2.46. The van der Waals surface area contributed by atoms with E-state index in [2.05, 4.69) is 15.9 Å². The topological polar surface area (TPSA) is 87.1 Å². The van der Waals surface area contributed by atoms with Crippen LogP contribution < -0.4 is 4.74 Å². The molecule has 1 atom stereocenters. The minimum Gasteiger partial charge on any atom is -0.507 e. The molecule has 1 unspecified atom stereocenters. The molecule has 0 spiro atoms. The van der Waals surface area contributed by atoms with Crippen LogP contribution in [0.4, 0.5) is 0 Å². The van der Waals surface area contributed by atoms with Gasteiger partial charge in [-0.15, -0.1) is 11.3 Å². The Bertz CT molecular complexity index is 1250. The van der Waals surface area contributed by atoms with Crippen LogP contribution in [0.2, 0.25) is 0 Å². The van der Waals surface area contributed by atoms with Gasteiger partial charge in [-0.1, -0.05) is 34.1 Å². The molecule has 0 aliphatic carbocycles. The number of aromatic hydroxyl groups is 1. The second kappa shape index (κ2) is 9.41. The minimum absolute atomic E-state index is 0.00594. The quantitative estimate of drug-likeness (QED) is 0.249. The molecule has 0 saturated carbocycles. The second-order valence-electron chi connectivity index (χ2n) is 7.63. The summed E-state index contributed by atoms with van der Waals surface area (Å²) in [5.41, 5.74) is 1.89. The molecule has 170 valence electrons. The smallest absolute Gasteiger partial charge is 0.295 e. The number of carbonyl (C=O) groups excluding carboxylic acids is 2. The number of halogens is 1. The van der Waals surface area contributed by atoms with Crippen LogP contribution in [0.3, 0.4) is 0 Å². The van der Waals surface area contributed by atoms with Crippen LogP contribution >= 0.6 is 27.3 Å². The van der Waals surface area contributed by atoms with Gasteiger partial charge in [-0.2, -0.15) is 0 Å². The molecule has 1 saturated heterocycles. The molecule has 33 heavy (non-hydrogen) atoms. The first-order valence-corrected chi connectivity index (χ1v) is 12.0. The lowest BCUT2D eigenvalue weighted by atomic mass is 9.94. The number of Topliss-reactive ketones (excluding diaryl/α,β-unsaturated/α-hetero) is 1. The first-order chi connectivity index (χ1) is 15.8. The van der Waals surface area contributed by atoms with Crippen LogP contribution in [0.5, 0.6) is 11.5 Å². The molecule has 6 nitrogen and oxygen atoms in total. The number of likely N-dealkylation sites (tertiary alicyclic amines) is 1. The van der Waals surface area contributed by atoms with Crippen LogP contribution in [-0.2, 0) is 16.1 Å². The number of rotatable bonds is 6. The number of ether oxygens (including phenoxy) is 1. The molecular weight excluding hydrogens is 506 g/mol. The average molecular weight is 528 g/mol. The third-order valence-electron chi connectivity index (χ3n) is 5.48. The number of carbonyl (C=O) groups is 2. The molecule has 8 heteroatoms. The monoisotopic (exact) mass is 527 g/mol. The molecule has 1 aromatic heterocycles. The van der Waals surface area contributed by atoms with E-state index in [1.54, 1.807) is 37.3 Å². The molecule has 0 radical (unpaired) electrons. The fraction of sp³-hybridized carbons (Fsp3) is 0.200. The lowest BCUT2D eigenvalue weighted by molar-refractivity contribution is -0.140. The summed E-state index contributed by atoms with van der Waals surface area (Å²) in [5.74, 6) is -1.47. The Labute approximate surface area is 203 Å². The fourth-order valence-electron chi connectivity index (χ4n) is 3.88. The molecule has 0 bridgehead atoms. The Morgan fingerprint density at radius 2 is 1.97 bits per heavy atom. The molecular formula is C25H22BrNO5S. The molecule has 2 aromatic carbocycles. The van der Waals surface area contributed by atoms with Crippen molar-refractivity contribution in [1.82, 2.24) is 4.90 Å². The SMILES string of the molecule is CCOc1cc(C2/C(=C(/O)c3ccc(Br)c(C)c3)C(=O)C(=O)N2Cc2cccs2)ccc1O. The number of aryl methyl sites for hydroxylation is 1. The van der Waals surface area contributed by atoms with Gasteiger partial charge in [0.25, 0.3) is 11.7 Å². The van der Waals surface area contributed by atoms with E-state index >= 15 is 0 Å². The highest BCUT2D eigenvalue weighted by atomic mass is 79.9. The van der Waals surface area contributed by atoms with Crippen LogP contribution in [0.25, 0.3) is 5.76 Å². The van der Waals surface area contributed by atoms with E-state index in [1.165, 1.54) is 22.3 Å². The highest BCUT2D eigenvalue weighted by molar-refractivity contribution is 9.10. The van der Waals surface area contributed by atoms with Crippen molar-refractivity contribution in [3.8, 4) is 11.5 Å². The van der Waals surface area contributed by atoms with Crippen molar-refractivity contribution in [2.24, 2.45) is 0 Å². The standard InChI is InChI=1S/C25H22BrNO5S/c1-3-32-20-12-15(7-9-19(20)28)22-21(23(29)16-6-8-18(26)14(2)11-16)24(30)25(31)27(22)13-17-5-4-10-33-17/h4-12,22,28-29H,3,13H2,1-2H3/b23-21-. The van der Waals surface area contributed by atoms with E-state index in [0.29, 0.717) is 17.7 Å². The third kappa shape index (κ3) is 4.41. The number of nitrogens with zero attached hydrogens (tertiary/aromatic N) is 1. The first kappa shape index (κ1) is 23.1. The summed E-state index contributed by atoms with van der Waals surface area (Å²) < 4.78 is 6.39. The van der Waals surface area contributed by atoms with Crippen molar-refractivity contribution < 1.29 is 24.5 Å². The summed E-state index contributed by atoms with van der Waals surface area (Å²) >= 11 is 4.92. The number of aliphatic hydroxyl groups excluding tert-OH is 1. The summed E-state index contributed by atoms with van der Waals surface area (Å²) in [6, 6.07) is 12.9. The van der Waals surface area contributed by atoms with Gasteiger partial charge in [0.15, 0.2) is 11.5 Å². The second-order valence-corrected chi connectivity index (χ2v) is 9.52. The number of benzene rings is 2. The zero-order chi connectivity index (χ0) is 23.7. The van der Waals surface area contributed by atoms with Crippen molar-refractivity contribution in [3.05, 3.63) is 85.5 Å². The molecule has 1 aliphatic rings. The lowest BCUT2D eigenvalue weighted by Crippen LogP contribution is -2.28. The molecule has 1 amide bonds. The number of hydrogen-bond donors (Lipinski definition) is 2. The van der Waals surface area contributed by atoms with E-state index in [0.717, 1.165) is 14.9 Å². The Balaban J connectivity index is 1.90. The minimum atomic E-state index is -0.837. The first-order valence-electron chi connectivity index (χ1n) is 10.3. The molecule has 4 rings (SSSR count). The predicted octanol–water partition coefficient (Wildman–Crippen LogP) is 5.55. The van der Waals surface area contributed by atoms with Gasteiger partial charge in [-0.05, 0) is 60.7 Å². The van der Waals surface area contributed by atoms with Gasteiger partial charge in [-0.3, -0.25) is 9.59 Å². The van der Waals surface area contributed by atoms with Crippen LogP contribution in [0.1, 0.15) is 34.5 Å². The Kier molecular flexibility index (Phi) is 6.58. The Morgan fingerprint density at radius 1 is 1.18 bits per heavy atom. The number of aliphatic hydroxyl groups is 1. The van der Waals surface area contributed by atoms with Gasteiger partial charge in [0, 0.05) is 14.9 Å². The maximum atomic E-state index is 13.2. The maximum absolute atomic E-state index is 13.2. The summed E-state index contributed by atoms with van der Waals surface area (Å²) in [4.78, 5) is 28.6. The number of phenolic OH excluding ortho intramolecular Hbond substituents is 1. The van der Waals surface area contributed by atoms with Crippen molar-refractivity contribution in [1.29, 1.82) is 0 Å². The van der Waals surface area contributed by atoms with Gasteiger partial charge >= 0.3 is 0 Å². The maximum Gasteiger partial charge on any atom is 0.295 e. The molecule has 2 N–H and O–H groups in total. The summed E-state index contributed by atoms with van der Waals surface area (Å²) in [6.07, 6.45) is 0. The highest BCUT2D eigenvalue weighted by Crippen LogP contribution is 2.43. The third-order valence-corrected chi connectivity index (χ3v) is 7.23. The van der Waals surface area contributed by atoms with E-state index in [1.807, 2.05) is 24.4 Å². The number of thiophene rings is 1. The summed E-state index contributed by atoms with van der Waals surface area (Å²) in [6.45, 7) is 4.23. The normalized spacial score (nSPS) is 17.5. The molecule has 2 heterocycles. The molecule has 3 aromatic rings. The number of amides is 1.